The molecule has 34 heavy (non-hydrogen) atoms. The summed E-state index contributed by atoms with van der Waals surface area (Å²) in [7, 11) is 1.52. The molecular formula is C27H28FNO5. The molecule has 3 aromatic carbocycles. The molecule has 178 valence electrons. The van der Waals surface area contributed by atoms with Gasteiger partial charge in [-0.1, -0.05) is 31.5 Å². The summed E-state index contributed by atoms with van der Waals surface area (Å²) in [4.78, 5) is 24.2. The first-order valence-electron chi connectivity index (χ1n) is 11.1. The van der Waals surface area contributed by atoms with Gasteiger partial charge in [-0.25, -0.2) is 4.39 Å². The zero-order valence-electron chi connectivity index (χ0n) is 19.2. The highest BCUT2D eigenvalue weighted by molar-refractivity contribution is 5.93. The lowest BCUT2D eigenvalue weighted by atomic mass is 9.95. The maximum atomic E-state index is 13.0. The summed E-state index contributed by atoms with van der Waals surface area (Å²) in [6.45, 7) is 1.96. The van der Waals surface area contributed by atoms with E-state index in [1.807, 2.05) is 13.0 Å². The number of carbonyl (C=O) groups excluding carboxylic acids is 1. The van der Waals surface area contributed by atoms with E-state index in [0.717, 1.165) is 17.5 Å². The summed E-state index contributed by atoms with van der Waals surface area (Å²) >= 11 is 0. The predicted octanol–water partition coefficient (Wildman–Crippen LogP) is 5.85. The van der Waals surface area contributed by atoms with E-state index in [1.54, 1.807) is 48.5 Å². The average Bonchev–Trinajstić information content (AvgIpc) is 2.81. The molecule has 1 unspecified atom stereocenters. The minimum Gasteiger partial charge on any atom is -0.495 e. The smallest absolute Gasteiger partial charge is 0.306 e. The van der Waals surface area contributed by atoms with Crippen LogP contribution in [0.5, 0.6) is 17.2 Å². The van der Waals surface area contributed by atoms with E-state index in [1.165, 1.54) is 19.2 Å². The number of amides is 1. The first kappa shape index (κ1) is 24.8. The predicted molar refractivity (Wildman–Crippen MR) is 128 cm³/mol. The molecular weight excluding hydrogens is 437 g/mol. The van der Waals surface area contributed by atoms with Gasteiger partial charge < -0.3 is 19.9 Å². The third-order valence-corrected chi connectivity index (χ3v) is 5.34. The van der Waals surface area contributed by atoms with Gasteiger partial charge in [0.1, 0.15) is 23.1 Å². The van der Waals surface area contributed by atoms with Crippen LogP contribution < -0.4 is 14.8 Å². The number of benzene rings is 3. The Morgan fingerprint density at radius 3 is 2.18 bits per heavy atom. The van der Waals surface area contributed by atoms with Gasteiger partial charge in [0.15, 0.2) is 0 Å². The lowest BCUT2D eigenvalue weighted by Gasteiger charge is -2.15. The lowest BCUT2D eigenvalue weighted by Crippen LogP contribution is -2.17. The number of aliphatic carboxylic acids is 1. The molecule has 0 aromatic heterocycles. The molecule has 0 spiro atoms. The standard InChI is InChI=1S/C27H28FNO5/c1-3-4-20(27(31)32)15-19-7-14-25(33-2)24(16-19)29-26(30)17-18-5-10-22(11-6-18)34-23-12-8-21(28)9-13-23/h5-14,16,20H,3-4,15,17H2,1-2H3,(H,29,30)(H,31,32). The number of nitrogens with one attached hydrogen (secondary N) is 1. The molecule has 6 nitrogen and oxygen atoms in total. The van der Waals surface area contributed by atoms with Crippen molar-refractivity contribution in [3.05, 3.63) is 83.7 Å². The second-order valence-electron chi connectivity index (χ2n) is 7.99. The highest BCUT2D eigenvalue weighted by Gasteiger charge is 2.18. The molecule has 0 aliphatic carbocycles. The molecule has 0 aliphatic heterocycles. The number of ether oxygens (including phenoxy) is 2. The van der Waals surface area contributed by atoms with E-state index in [9.17, 15) is 19.1 Å². The van der Waals surface area contributed by atoms with Crippen molar-refractivity contribution >= 4 is 17.6 Å². The number of methoxy groups -OCH3 is 1. The summed E-state index contributed by atoms with van der Waals surface area (Å²) in [5.74, 6) is -0.270. The minimum atomic E-state index is -0.824. The monoisotopic (exact) mass is 465 g/mol. The number of anilines is 1. The normalized spacial score (nSPS) is 11.5. The van der Waals surface area contributed by atoms with Crippen LogP contribution in [0.4, 0.5) is 10.1 Å². The number of carboxylic acid groups (broad SMARTS) is 1. The molecule has 0 saturated carbocycles. The zero-order valence-corrected chi connectivity index (χ0v) is 19.2. The maximum absolute atomic E-state index is 13.0. The summed E-state index contributed by atoms with van der Waals surface area (Å²) in [6, 6.07) is 18.1. The second kappa shape index (κ2) is 11.8. The fourth-order valence-corrected chi connectivity index (χ4v) is 3.62. The van der Waals surface area contributed by atoms with E-state index < -0.39 is 11.9 Å². The number of carbonyl (C=O) groups is 2. The molecule has 1 atom stereocenters. The van der Waals surface area contributed by atoms with Crippen molar-refractivity contribution in [1.29, 1.82) is 0 Å². The number of hydrogen-bond donors (Lipinski definition) is 2. The van der Waals surface area contributed by atoms with Gasteiger partial charge in [0.05, 0.1) is 25.1 Å². The third-order valence-electron chi connectivity index (χ3n) is 5.34. The number of carboxylic acids is 1. The van der Waals surface area contributed by atoms with Crippen molar-refractivity contribution in [3.63, 3.8) is 0 Å². The van der Waals surface area contributed by atoms with Crippen molar-refractivity contribution in [2.45, 2.75) is 32.6 Å². The molecule has 0 fully saturated rings. The highest BCUT2D eigenvalue weighted by Crippen LogP contribution is 2.28. The van der Waals surface area contributed by atoms with Gasteiger partial charge in [0, 0.05) is 0 Å². The minimum absolute atomic E-state index is 0.137. The van der Waals surface area contributed by atoms with Crippen LogP contribution in [0.2, 0.25) is 0 Å². The summed E-state index contributed by atoms with van der Waals surface area (Å²) in [5.41, 5.74) is 2.11. The largest absolute Gasteiger partial charge is 0.495 e. The first-order valence-corrected chi connectivity index (χ1v) is 11.1. The van der Waals surface area contributed by atoms with Crippen LogP contribution in [0.25, 0.3) is 0 Å². The first-order chi connectivity index (χ1) is 16.4. The van der Waals surface area contributed by atoms with Gasteiger partial charge in [0.2, 0.25) is 5.91 Å². The van der Waals surface area contributed by atoms with Gasteiger partial charge in [-0.15, -0.1) is 0 Å². The quantitative estimate of drug-likeness (QED) is 0.371. The Morgan fingerprint density at radius 1 is 0.971 bits per heavy atom. The van der Waals surface area contributed by atoms with Crippen molar-refractivity contribution in [2.75, 3.05) is 12.4 Å². The summed E-state index contributed by atoms with van der Waals surface area (Å²) in [5, 5.41) is 12.3. The van der Waals surface area contributed by atoms with E-state index in [0.29, 0.717) is 35.8 Å². The Balaban J connectivity index is 1.64. The van der Waals surface area contributed by atoms with Crippen LogP contribution >= 0.6 is 0 Å². The Kier molecular flexibility index (Phi) is 8.62. The molecule has 2 N–H and O–H groups in total. The zero-order chi connectivity index (χ0) is 24.5. The van der Waals surface area contributed by atoms with Crippen LogP contribution in [0, 0.1) is 11.7 Å². The van der Waals surface area contributed by atoms with Crippen LogP contribution in [-0.2, 0) is 22.4 Å². The van der Waals surface area contributed by atoms with Gasteiger partial charge in [-0.05, 0) is 72.5 Å². The van der Waals surface area contributed by atoms with Crippen LogP contribution in [0.1, 0.15) is 30.9 Å². The van der Waals surface area contributed by atoms with E-state index in [2.05, 4.69) is 5.32 Å². The topological polar surface area (TPSA) is 84.9 Å². The van der Waals surface area contributed by atoms with Crippen LogP contribution in [0.3, 0.4) is 0 Å². The van der Waals surface area contributed by atoms with Crippen molar-refractivity contribution in [2.24, 2.45) is 5.92 Å². The fraction of sp³-hybridized carbons (Fsp3) is 0.259. The highest BCUT2D eigenvalue weighted by atomic mass is 19.1. The van der Waals surface area contributed by atoms with E-state index in [4.69, 9.17) is 9.47 Å². The maximum Gasteiger partial charge on any atom is 0.306 e. The molecule has 3 aromatic rings. The van der Waals surface area contributed by atoms with Crippen molar-refractivity contribution in [3.8, 4) is 17.2 Å². The molecule has 0 heterocycles. The van der Waals surface area contributed by atoms with Gasteiger partial charge in [0.25, 0.3) is 0 Å². The molecule has 1 amide bonds. The molecule has 3 rings (SSSR count). The molecule has 0 radical (unpaired) electrons. The molecule has 0 saturated heterocycles. The Labute approximate surface area is 198 Å². The number of rotatable bonds is 11. The Bertz CT molecular complexity index is 1110. The van der Waals surface area contributed by atoms with Gasteiger partial charge in [-0.2, -0.15) is 0 Å². The van der Waals surface area contributed by atoms with Gasteiger partial charge in [-0.3, -0.25) is 9.59 Å². The number of halogens is 1. The SMILES string of the molecule is CCCC(Cc1ccc(OC)c(NC(=O)Cc2ccc(Oc3ccc(F)cc3)cc2)c1)C(=O)O. The average molecular weight is 466 g/mol. The van der Waals surface area contributed by atoms with E-state index in [-0.39, 0.29) is 18.1 Å². The summed E-state index contributed by atoms with van der Waals surface area (Å²) < 4.78 is 24.1. The van der Waals surface area contributed by atoms with E-state index >= 15 is 0 Å². The van der Waals surface area contributed by atoms with Crippen molar-refractivity contribution < 1.29 is 28.6 Å². The Hall–Kier alpha value is -3.87. The number of hydrogen-bond acceptors (Lipinski definition) is 4. The molecule has 0 aliphatic rings. The molecule has 7 heteroatoms. The lowest BCUT2D eigenvalue weighted by molar-refractivity contribution is -0.142. The van der Waals surface area contributed by atoms with Crippen LogP contribution in [0.15, 0.2) is 66.7 Å². The van der Waals surface area contributed by atoms with Gasteiger partial charge >= 0.3 is 5.97 Å². The third kappa shape index (κ3) is 7.07. The second-order valence-corrected chi connectivity index (χ2v) is 7.99. The fourth-order valence-electron chi connectivity index (χ4n) is 3.62. The van der Waals surface area contributed by atoms with Crippen LogP contribution in [-0.4, -0.2) is 24.1 Å². The van der Waals surface area contributed by atoms with Crippen molar-refractivity contribution in [1.82, 2.24) is 0 Å². The molecule has 0 bridgehead atoms. The summed E-state index contributed by atoms with van der Waals surface area (Å²) in [6.07, 6.45) is 1.89. The Morgan fingerprint density at radius 2 is 1.59 bits per heavy atom.